The van der Waals surface area contributed by atoms with Gasteiger partial charge in [0.15, 0.2) is 11.5 Å². The van der Waals surface area contributed by atoms with Crippen molar-refractivity contribution in [3.63, 3.8) is 0 Å². The lowest BCUT2D eigenvalue weighted by atomic mass is 9.96. The summed E-state index contributed by atoms with van der Waals surface area (Å²) in [6, 6.07) is 14.3. The van der Waals surface area contributed by atoms with Crippen LogP contribution in [-0.2, 0) is 10.0 Å². The van der Waals surface area contributed by atoms with E-state index in [1.807, 2.05) is 53.4 Å². The highest BCUT2D eigenvalue weighted by Gasteiger charge is 2.40. The molecule has 138 valence electrons. The minimum atomic E-state index is -3.43. The highest BCUT2D eigenvalue weighted by atomic mass is 32.2. The van der Waals surface area contributed by atoms with Gasteiger partial charge in [-0.3, -0.25) is 0 Å². The molecular formula is C18H21N3O4S. The van der Waals surface area contributed by atoms with Crippen LogP contribution in [-0.4, -0.2) is 51.1 Å². The number of aliphatic hydroxyl groups is 1. The third-order valence-electron chi connectivity index (χ3n) is 4.69. The minimum Gasteiger partial charge on any atom is -0.453 e. The molecule has 0 spiro atoms. The lowest BCUT2D eigenvalue weighted by Gasteiger charge is -2.44. The van der Waals surface area contributed by atoms with Gasteiger partial charge in [-0.05, 0) is 24.3 Å². The van der Waals surface area contributed by atoms with E-state index in [1.54, 1.807) is 0 Å². The summed E-state index contributed by atoms with van der Waals surface area (Å²) in [6.07, 6.45) is 0.216. The molecule has 7 nitrogen and oxygen atoms in total. The number of nitrogens with zero attached hydrogens (tertiary/aromatic N) is 1. The average molecular weight is 375 g/mol. The Hall–Kier alpha value is -2.13. The molecule has 0 bridgehead atoms. The molecule has 2 aromatic carbocycles. The first-order valence-electron chi connectivity index (χ1n) is 8.45. The largest absolute Gasteiger partial charge is 0.453 e. The molecule has 4 rings (SSSR count). The molecular weight excluding hydrogens is 354 g/mol. The molecule has 2 aliphatic rings. The maximum Gasteiger partial charge on any atom is 0.209 e. The van der Waals surface area contributed by atoms with Gasteiger partial charge >= 0.3 is 0 Å². The van der Waals surface area contributed by atoms with E-state index in [0.717, 1.165) is 17.6 Å². The Balaban J connectivity index is 1.75. The number of aliphatic hydroxyl groups excluding tert-OH is 1. The zero-order chi connectivity index (χ0) is 18.3. The van der Waals surface area contributed by atoms with E-state index >= 15 is 0 Å². The Bertz CT molecular complexity index is 873. The normalized spacial score (nSPS) is 25.2. The monoisotopic (exact) mass is 375 g/mol. The van der Waals surface area contributed by atoms with Crippen LogP contribution >= 0.6 is 0 Å². The van der Waals surface area contributed by atoms with E-state index < -0.39 is 22.2 Å². The van der Waals surface area contributed by atoms with Gasteiger partial charge in [-0.1, -0.05) is 24.3 Å². The smallest absolute Gasteiger partial charge is 0.209 e. The molecule has 0 radical (unpaired) electrons. The summed E-state index contributed by atoms with van der Waals surface area (Å²) in [5, 5.41) is 14.2. The Kier molecular flexibility index (Phi) is 4.36. The molecule has 3 N–H and O–H groups in total. The van der Waals surface area contributed by atoms with Crippen LogP contribution in [0.3, 0.4) is 0 Å². The fourth-order valence-corrected chi connectivity index (χ4v) is 4.39. The summed E-state index contributed by atoms with van der Waals surface area (Å²) in [7, 11) is -3.43. The lowest BCUT2D eigenvalue weighted by molar-refractivity contribution is 0.0892. The molecule has 2 unspecified atom stereocenters. The third kappa shape index (κ3) is 3.16. The number of benzene rings is 2. The zero-order valence-electron chi connectivity index (χ0n) is 14.3. The zero-order valence-corrected chi connectivity index (χ0v) is 15.1. The summed E-state index contributed by atoms with van der Waals surface area (Å²) >= 11 is 0. The molecule has 0 saturated carbocycles. The number of hydrogen-bond donors (Lipinski definition) is 3. The van der Waals surface area contributed by atoms with Gasteiger partial charge in [-0.2, -0.15) is 0 Å². The van der Waals surface area contributed by atoms with E-state index in [2.05, 4.69) is 10.0 Å². The molecule has 0 aliphatic carbocycles. The van der Waals surface area contributed by atoms with Crippen LogP contribution < -0.4 is 19.7 Å². The van der Waals surface area contributed by atoms with Gasteiger partial charge in [-0.25, -0.2) is 13.1 Å². The molecule has 2 aliphatic heterocycles. The maximum absolute atomic E-state index is 11.6. The van der Waals surface area contributed by atoms with Crippen LogP contribution in [0.2, 0.25) is 0 Å². The SMILES string of the molecule is CS(=O)(=O)NC1CNCC(N2c3ccccc3Oc3ccccc32)[C@@H]1O. The van der Waals surface area contributed by atoms with Crippen molar-refractivity contribution in [2.24, 2.45) is 0 Å². The molecule has 3 atom stereocenters. The first-order valence-corrected chi connectivity index (χ1v) is 10.3. The molecule has 0 aromatic heterocycles. The van der Waals surface area contributed by atoms with Gasteiger partial charge in [0.05, 0.1) is 35.8 Å². The quantitative estimate of drug-likeness (QED) is 0.746. The van der Waals surface area contributed by atoms with Crippen molar-refractivity contribution in [3.8, 4) is 11.5 Å². The van der Waals surface area contributed by atoms with E-state index in [1.165, 1.54) is 0 Å². The van der Waals surface area contributed by atoms with Crippen molar-refractivity contribution < 1.29 is 18.3 Å². The van der Waals surface area contributed by atoms with Gasteiger partial charge in [0.2, 0.25) is 10.0 Å². The molecule has 2 aromatic rings. The van der Waals surface area contributed by atoms with E-state index in [4.69, 9.17) is 4.74 Å². The second-order valence-electron chi connectivity index (χ2n) is 6.62. The molecule has 1 saturated heterocycles. The fourth-order valence-electron chi connectivity index (χ4n) is 3.62. The summed E-state index contributed by atoms with van der Waals surface area (Å²) in [5.41, 5.74) is 1.69. The second kappa shape index (κ2) is 6.55. The predicted octanol–water partition coefficient (Wildman–Crippen LogP) is 1.18. The molecule has 26 heavy (non-hydrogen) atoms. The van der Waals surface area contributed by atoms with Crippen LogP contribution in [0, 0.1) is 0 Å². The summed E-state index contributed by atoms with van der Waals surface area (Å²) in [5.74, 6) is 1.41. The van der Waals surface area contributed by atoms with Crippen LogP contribution in [0.4, 0.5) is 11.4 Å². The molecule has 2 heterocycles. The topological polar surface area (TPSA) is 90.9 Å². The van der Waals surface area contributed by atoms with Gasteiger partial charge in [-0.15, -0.1) is 0 Å². The number of sulfonamides is 1. The number of para-hydroxylation sites is 4. The van der Waals surface area contributed by atoms with Crippen LogP contribution in [0.15, 0.2) is 48.5 Å². The Morgan fingerprint density at radius 2 is 1.65 bits per heavy atom. The van der Waals surface area contributed by atoms with Gasteiger partial charge in [0.25, 0.3) is 0 Å². The van der Waals surface area contributed by atoms with Crippen molar-refractivity contribution in [2.45, 2.75) is 18.2 Å². The average Bonchev–Trinajstić information content (AvgIpc) is 2.61. The molecule has 1 fully saturated rings. The molecule has 0 amide bonds. The van der Waals surface area contributed by atoms with E-state index in [9.17, 15) is 13.5 Å². The number of hydrogen-bond acceptors (Lipinski definition) is 6. The summed E-state index contributed by atoms with van der Waals surface area (Å²) in [4.78, 5) is 2.03. The van der Waals surface area contributed by atoms with Crippen LogP contribution in [0.5, 0.6) is 11.5 Å². The standard InChI is InChI=1S/C18H21N3O4S/c1-26(23,24)20-12-10-19-11-15(18(12)22)21-13-6-2-4-8-16(13)25-17-9-5-3-7-14(17)21/h2-9,12,15,18-20,22H,10-11H2,1H3/t12?,15?,18-/m1/s1. The van der Waals surface area contributed by atoms with E-state index in [0.29, 0.717) is 24.6 Å². The Labute approximate surface area is 152 Å². The number of rotatable bonds is 3. The first kappa shape index (κ1) is 17.3. The Morgan fingerprint density at radius 1 is 1.08 bits per heavy atom. The van der Waals surface area contributed by atoms with Gasteiger partial charge in [0, 0.05) is 13.1 Å². The summed E-state index contributed by atoms with van der Waals surface area (Å²) in [6.45, 7) is 0.893. The van der Waals surface area contributed by atoms with Crippen LogP contribution in [0.1, 0.15) is 0 Å². The number of nitrogens with one attached hydrogen (secondary N) is 2. The van der Waals surface area contributed by atoms with Crippen molar-refractivity contribution in [1.29, 1.82) is 0 Å². The maximum atomic E-state index is 11.6. The summed E-state index contributed by atoms with van der Waals surface area (Å²) < 4.78 is 31.8. The highest BCUT2D eigenvalue weighted by molar-refractivity contribution is 7.88. The minimum absolute atomic E-state index is 0.353. The van der Waals surface area contributed by atoms with Crippen molar-refractivity contribution in [2.75, 3.05) is 24.2 Å². The highest BCUT2D eigenvalue weighted by Crippen LogP contribution is 2.47. The molecule has 8 heteroatoms. The van der Waals surface area contributed by atoms with E-state index in [-0.39, 0.29) is 6.04 Å². The lowest BCUT2D eigenvalue weighted by Crippen LogP contribution is -2.64. The fraction of sp³-hybridized carbons (Fsp3) is 0.333. The number of ether oxygens (including phenoxy) is 1. The number of anilines is 2. The van der Waals surface area contributed by atoms with Crippen LogP contribution in [0.25, 0.3) is 0 Å². The van der Waals surface area contributed by atoms with Crippen molar-refractivity contribution >= 4 is 21.4 Å². The van der Waals surface area contributed by atoms with Gasteiger partial charge < -0.3 is 20.1 Å². The van der Waals surface area contributed by atoms with Gasteiger partial charge in [0.1, 0.15) is 0 Å². The predicted molar refractivity (Wildman–Crippen MR) is 99.5 cm³/mol. The number of fused-ring (bicyclic) bond motifs is 2. The number of piperidine rings is 1. The Morgan fingerprint density at radius 3 is 2.23 bits per heavy atom. The first-order chi connectivity index (χ1) is 12.4. The second-order valence-corrected chi connectivity index (χ2v) is 8.40. The van der Waals surface area contributed by atoms with Crippen molar-refractivity contribution in [3.05, 3.63) is 48.5 Å². The third-order valence-corrected chi connectivity index (χ3v) is 5.42. The van der Waals surface area contributed by atoms with Crippen molar-refractivity contribution in [1.82, 2.24) is 10.0 Å².